The van der Waals surface area contributed by atoms with Gasteiger partial charge in [0.25, 0.3) is 0 Å². The molecular formula is C5H12N2O. The van der Waals surface area contributed by atoms with E-state index in [4.69, 9.17) is 5.11 Å². The summed E-state index contributed by atoms with van der Waals surface area (Å²) in [6, 6.07) is 0. The number of aliphatic hydroxyl groups is 1. The summed E-state index contributed by atoms with van der Waals surface area (Å²) in [6.07, 6.45) is 1.18. The van der Waals surface area contributed by atoms with Crippen molar-refractivity contribution in [1.82, 2.24) is 10.6 Å². The lowest BCUT2D eigenvalue weighted by Crippen LogP contribution is -2.31. The molecule has 1 heterocycles. The minimum absolute atomic E-state index is 0.269. The lowest BCUT2D eigenvalue weighted by atomic mass is 10.4. The van der Waals surface area contributed by atoms with Crippen LogP contribution in [0.2, 0.25) is 0 Å². The predicted octanol–water partition coefficient (Wildman–Crippen LogP) is -1.11. The van der Waals surface area contributed by atoms with E-state index in [1.54, 1.807) is 0 Å². The van der Waals surface area contributed by atoms with E-state index in [0.29, 0.717) is 6.17 Å². The third-order valence-electron chi connectivity index (χ3n) is 1.32. The molecule has 0 spiro atoms. The maximum absolute atomic E-state index is 8.45. The zero-order valence-electron chi connectivity index (χ0n) is 4.85. The van der Waals surface area contributed by atoms with E-state index in [1.165, 1.54) is 0 Å². The smallest absolute Gasteiger partial charge is 0.0594 e. The Morgan fingerprint density at radius 1 is 1.38 bits per heavy atom. The average molecular weight is 116 g/mol. The summed E-state index contributed by atoms with van der Waals surface area (Å²) in [7, 11) is 0. The van der Waals surface area contributed by atoms with Gasteiger partial charge in [-0.3, -0.25) is 0 Å². The molecule has 0 saturated carbocycles. The average Bonchev–Trinajstić information content (AvgIpc) is 2.19. The summed E-state index contributed by atoms with van der Waals surface area (Å²) in [5, 5.41) is 14.8. The molecule has 0 amide bonds. The molecule has 0 aliphatic carbocycles. The van der Waals surface area contributed by atoms with Gasteiger partial charge >= 0.3 is 0 Å². The van der Waals surface area contributed by atoms with E-state index >= 15 is 0 Å². The van der Waals surface area contributed by atoms with Gasteiger partial charge in [0, 0.05) is 19.7 Å². The molecule has 0 bridgehead atoms. The van der Waals surface area contributed by atoms with E-state index in [2.05, 4.69) is 10.6 Å². The molecule has 1 saturated heterocycles. The van der Waals surface area contributed by atoms with Gasteiger partial charge in [-0.05, 0) is 6.42 Å². The zero-order valence-corrected chi connectivity index (χ0v) is 4.85. The van der Waals surface area contributed by atoms with Crippen molar-refractivity contribution in [2.24, 2.45) is 0 Å². The molecule has 1 aliphatic rings. The van der Waals surface area contributed by atoms with Crippen molar-refractivity contribution in [2.45, 2.75) is 12.6 Å². The van der Waals surface area contributed by atoms with Gasteiger partial charge in [-0.25, -0.2) is 0 Å². The number of nitrogens with one attached hydrogen (secondary N) is 2. The number of hydrogen-bond acceptors (Lipinski definition) is 3. The first kappa shape index (κ1) is 6.01. The Morgan fingerprint density at radius 2 is 2.00 bits per heavy atom. The Bertz CT molecular complexity index is 61.4. The molecule has 1 aliphatic heterocycles. The van der Waals surface area contributed by atoms with Gasteiger partial charge in [-0.1, -0.05) is 0 Å². The normalized spacial score (nSPS) is 22.1. The Kier molecular flexibility index (Phi) is 2.27. The van der Waals surface area contributed by atoms with E-state index in [-0.39, 0.29) is 6.61 Å². The first-order valence-electron chi connectivity index (χ1n) is 3.01. The highest BCUT2D eigenvalue weighted by Gasteiger charge is 2.10. The molecule has 3 N–H and O–H groups in total. The van der Waals surface area contributed by atoms with Crippen molar-refractivity contribution in [3.8, 4) is 0 Å². The molecule has 3 heteroatoms. The molecule has 1 fully saturated rings. The van der Waals surface area contributed by atoms with Gasteiger partial charge in [0.1, 0.15) is 0 Å². The number of rotatable bonds is 2. The third-order valence-corrected chi connectivity index (χ3v) is 1.32. The van der Waals surface area contributed by atoms with Crippen LogP contribution >= 0.6 is 0 Å². The molecule has 3 nitrogen and oxygen atoms in total. The van der Waals surface area contributed by atoms with Crippen LogP contribution in [0.1, 0.15) is 6.42 Å². The Morgan fingerprint density at radius 3 is 2.50 bits per heavy atom. The summed E-state index contributed by atoms with van der Waals surface area (Å²) in [5.74, 6) is 0. The third kappa shape index (κ3) is 1.43. The molecule has 0 aromatic rings. The summed E-state index contributed by atoms with van der Waals surface area (Å²) in [6.45, 7) is 2.33. The first-order valence-corrected chi connectivity index (χ1v) is 3.01. The molecule has 0 aromatic carbocycles. The molecule has 1 rings (SSSR count). The second-order valence-corrected chi connectivity index (χ2v) is 1.97. The van der Waals surface area contributed by atoms with Gasteiger partial charge in [-0.2, -0.15) is 0 Å². The molecule has 48 valence electrons. The highest BCUT2D eigenvalue weighted by Crippen LogP contribution is 1.89. The van der Waals surface area contributed by atoms with Crippen LogP contribution in [0.15, 0.2) is 0 Å². The van der Waals surface area contributed by atoms with Gasteiger partial charge in [0.2, 0.25) is 0 Å². The lowest BCUT2D eigenvalue weighted by Gasteiger charge is -2.06. The zero-order chi connectivity index (χ0) is 5.82. The van der Waals surface area contributed by atoms with Crippen LogP contribution in [0.3, 0.4) is 0 Å². The lowest BCUT2D eigenvalue weighted by molar-refractivity contribution is 0.265. The summed E-state index contributed by atoms with van der Waals surface area (Å²) < 4.78 is 0. The minimum Gasteiger partial charge on any atom is -0.396 e. The SMILES string of the molecule is OCCC1NCCN1. The van der Waals surface area contributed by atoms with Gasteiger partial charge < -0.3 is 15.7 Å². The van der Waals surface area contributed by atoms with Crippen LogP contribution in [0.4, 0.5) is 0 Å². The Hall–Kier alpha value is -0.120. The molecule has 0 aromatic heterocycles. The molecule has 0 atom stereocenters. The predicted molar refractivity (Wildman–Crippen MR) is 31.5 cm³/mol. The van der Waals surface area contributed by atoms with E-state index < -0.39 is 0 Å². The molecule has 8 heavy (non-hydrogen) atoms. The Balaban J connectivity index is 2.06. The van der Waals surface area contributed by atoms with E-state index in [1.807, 2.05) is 0 Å². The fourth-order valence-electron chi connectivity index (χ4n) is 0.898. The summed E-state index contributed by atoms with van der Waals surface area (Å²) >= 11 is 0. The molecular weight excluding hydrogens is 104 g/mol. The largest absolute Gasteiger partial charge is 0.396 e. The van der Waals surface area contributed by atoms with Crippen molar-refractivity contribution in [3.05, 3.63) is 0 Å². The van der Waals surface area contributed by atoms with Crippen molar-refractivity contribution < 1.29 is 5.11 Å². The van der Waals surface area contributed by atoms with Crippen LogP contribution in [-0.2, 0) is 0 Å². The van der Waals surface area contributed by atoms with E-state index in [9.17, 15) is 0 Å². The second-order valence-electron chi connectivity index (χ2n) is 1.97. The highest BCUT2D eigenvalue weighted by molar-refractivity contribution is 4.71. The van der Waals surface area contributed by atoms with Crippen LogP contribution in [-0.4, -0.2) is 31.0 Å². The van der Waals surface area contributed by atoms with Crippen molar-refractivity contribution in [2.75, 3.05) is 19.7 Å². The van der Waals surface area contributed by atoms with Crippen LogP contribution in [0.5, 0.6) is 0 Å². The summed E-state index contributed by atoms with van der Waals surface area (Å²) in [4.78, 5) is 0. The Labute approximate surface area is 49.1 Å². The van der Waals surface area contributed by atoms with Crippen LogP contribution in [0, 0.1) is 0 Å². The van der Waals surface area contributed by atoms with Crippen molar-refractivity contribution in [1.29, 1.82) is 0 Å². The molecule has 0 radical (unpaired) electrons. The van der Waals surface area contributed by atoms with Crippen molar-refractivity contribution >= 4 is 0 Å². The first-order chi connectivity index (χ1) is 3.93. The minimum atomic E-state index is 0.269. The second kappa shape index (κ2) is 3.02. The maximum atomic E-state index is 8.45. The fourth-order valence-corrected chi connectivity index (χ4v) is 0.898. The van der Waals surface area contributed by atoms with Crippen molar-refractivity contribution in [3.63, 3.8) is 0 Å². The van der Waals surface area contributed by atoms with E-state index in [0.717, 1.165) is 19.5 Å². The van der Waals surface area contributed by atoms with Crippen LogP contribution in [0.25, 0.3) is 0 Å². The molecule has 0 unspecified atom stereocenters. The fraction of sp³-hybridized carbons (Fsp3) is 1.00. The maximum Gasteiger partial charge on any atom is 0.0594 e. The quantitative estimate of drug-likeness (QED) is 0.428. The van der Waals surface area contributed by atoms with Gasteiger partial charge in [-0.15, -0.1) is 0 Å². The monoisotopic (exact) mass is 116 g/mol. The topological polar surface area (TPSA) is 44.3 Å². The standard InChI is InChI=1S/C5H12N2O/c8-4-1-5-6-2-3-7-5/h5-8H,1-4H2. The van der Waals surface area contributed by atoms with Gasteiger partial charge in [0.15, 0.2) is 0 Å². The highest BCUT2D eigenvalue weighted by atomic mass is 16.3. The van der Waals surface area contributed by atoms with Crippen LogP contribution < -0.4 is 10.6 Å². The number of aliphatic hydroxyl groups excluding tert-OH is 1. The van der Waals surface area contributed by atoms with Gasteiger partial charge in [0.05, 0.1) is 6.17 Å². The number of hydrogen-bond donors (Lipinski definition) is 3. The summed E-state index contributed by atoms with van der Waals surface area (Å²) in [5.41, 5.74) is 0.